The summed E-state index contributed by atoms with van der Waals surface area (Å²) in [6.45, 7) is 7.89. The molecule has 0 aliphatic heterocycles. The second-order valence-electron chi connectivity index (χ2n) is 9.19. The van der Waals surface area contributed by atoms with E-state index in [0.29, 0.717) is 19.8 Å². The van der Waals surface area contributed by atoms with Crippen molar-refractivity contribution in [2.75, 3.05) is 26.8 Å². The van der Waals surface area contributed by atoms with Gasteiger partial charge in [0.05, 0.1) is 13.1 Å². The maximum absolute atomic E-state index is 12.8. The number of imidazole rings is 1. The Kier molecular flexibility index (Phi) is 7.42. The average Bonchev–Trinajstić information content (AvgIpc) is 3.42. The standard InChI is InChI=1S/C30H34N4O3/c1-4-33-27-15-14-21(36-17-16-31-3)18-28(27)34(5-2)29(33)19-32-30(35)37-20-26-24-12-8-6-10-22(24)23-11-7-9-13-25(23)26/h6-15,18,26,31H,4-5,16-17,19-20H2,1-3H3/p+1. The highest BCUT2D eigenvalue weighted by molar-refractivity contribution is 5.79. The van der Waals surface area contributed by atoms with Crippen LogP contribution < -0.4 is 19.9 Å². The fraction of sp³-hybridized carbons (Fsp3) is 0.333. The molecule has 1 amide bonds. The van der Waals surface area contributed by atoms with Gasteiger partial charge in [0.25, 0.3) is 5.82 Å². The van der Waals surface area contributed by atoms with Crippen LogP contribution in [0.4, 0.5) is 4.79 Å². The van der Waals surface area contributed by atoms with E-state index in [1.807, 2.05) is 25.2 Å². The topological polar surface area (TPSA) is 68.4 Å². The van der Waals surface area contributed by atoms with Crippen molar-refractivity contribution in [1.29, 1.82) is 0 Å². The first-order valence-electron chi connectivity index (χ1n) is 13.1. The smallest absolute Gasteiger partial charge is 0.407 e. The number of nitrogens with zero attached hydrogens (tertiary/aromatic N) is 2. The SMILES string of the molecule is CCn1c(CNC(=O)OCC2c3ccccc3-c3ccccc32)[n+](CC)c2ccc(OCCNC)cc21. The van der Waals surface area contributed by atoms with Crippen molar-refractivity contribution in [3.8, 4) is 16.9 Å². The van der Waals surface area contributed by atoms with Crippen molar-refractivity contribution in [2.24, 2.45) is 0 Å². The molecule has 1 aliphatic rings. The molecule has 0 saturated heterocycles. The number of nitrogens with one attached hydrogen (secondary N) is 2. The summed E-state index contributed by atoms with van der Waals surface area (Å²) in [5.41, 5.74) is 7.07. The third-order valence-electron chi connectivity index (χ3n) is 7.14. The lowest BCUT2D eigenvalue weighted by atomic mass is 9.98. The van der Waals surface area contributed by atoms with Crippen molar-refractivity contribution in [3.63, 3.8) is 0 Å². The largest absolute Gasteiger partial charge is 0.492 e. The minimum Gasteiger partial charge on any atom is -0.492 e. The lowest BCUT2D eigenvalue weighted by Crippen LogP contribution is -2.40. The second-order valence-corrected chi connectivity index (χ2v) is 9.19. The highest BCUT2D eigenvalue weighted by atomic mass is 16.5. The van der Waals surface area contributed by atoms with Gasteiger partial charge in [-0.3, -0.25) is 0 Å². The Morgan fingerprint density at radius 3 is 2.35 bits per heavy atom. The first-order chi connectivity index (χ1) is 18.2. The number of carbonyl (C=O) groups excluding carboxylic acids is 1. The van der Waals surface area contributed by atoms with Crippen LogP contribution in [0.3, 0.4) is 0 Å². The van der Waals surface area contributed by atoms with E-state index in [1.165, 1.54) is 22.3 Å². The number of fused-ring (bicyclic) bond motifs is 4. The molecule has 5 rings (SSSR count). The predicted octanol–water partition coefficient (Wildman–Crippen LogP) is 4.61. The summed E-state index contributed by atoms with van der Waals surface area (Å²) in [5.74, 6) is 1.91. The number of amides is 1. The van der Waals surface area contributed by atoms with Crippen LogP contribution in [0.1, 0.15) is 36.7 Å². The number of aromatic nitrogens is 2. The van der Waals surface area contributed by atoms with Crippen LogP contribution in [-0.4, -0.2) is 37.5 Å². The molecular weight excluding hydrogens is 464 g/mol. The Morgan fingerprint density at radius 2 is 1.70 bits per heavy atom. The second kappa shape index (κ2) is 11.0. The maximum Gasteiger partial charge on any atom is 0.407 e. The van der Waals surface area contributed by atoms with Crippen LogP contribution in [0.25, 0.3) is 22.2 Å². The minimum absolute atomic E-state index is 0.0437. The molecule has 1 aromatic heterocycles. The van der Waals surface area contributed by atoms with Crippen LogP contribution in [0.5, 0.6) is 5.75 Å². The number of hydrogen-bond donors (Lipinski definition) is 2. The van der Waals surface area contributed by atoms with E-state index in [4.69, 9.17) is 9.47 Å². The third kappa shape index (κ3) is 4.79. The molecule has 2 N–H and O–H groups in total. The number of rotatable bonds is 10. The van der Waals surface area contributed by atoms with Crippen LogP contribution >= 0.6 is 0 Å². The van der Waals surface area contributed by atoms with E-state index in [9.17, 15) is 4.79 Å². The monoisotopic (exact) mass is 499 g/mol. The van der Waals surface area contributed by atoms with Gasteiger partial charge in [-0.05, 0) is 55.3 Å². The summed E-state index contributed by atoms with van der Waals surface area (Å²) < 4.78 is 16.1. The zero-order chi connectivity index (χ0) is 25.8. The van der Waals surface area contributed by atoms with Gasteiger partial charge in [-0.1, -0.05) is 48.5 Å². The van der Waals surface area contributed by atoms with E-state index in [2.05, 4.69) is 82.1 Å². The molecule has 0 fully saturated rings. The van der Waals surface area contributed by atoms with E-state index < -0.39 is 6.09 Å². The minimum atomic E-state index is -0.409. The molecule has 1 aliphatic carbocycles. The number of likely N-dealkylation sites (N-methyl/N-ethyl adjacent to an activating group) is 1. The molecule has 0 saturated carbocycles. The Morgan fingerprint density at radius 1 is 1.00 bits per heavy atom. The summed E-state index contributed by atoms with van der Waals surface area (Å²) in [4.78, 5) is 12.8. The normalized spacial score (nSPS) is 12.4. The Hall–Kier alpha value is -3.84. The summed E-state index contributed by atoms with van der Waals surface area (Å²) in [7, 11) is 1.91. The molecule has 7 nitrogen and oxygen atoms in total. The van der Waals surface area contributed by atoms with Crippen LogP contribution in [0, 0.1) is 0 Å². The van der Waals surface area contributed by atoms with Gasteiger partial charge in [-0.2, -0.15) is 0 Å². The van der Waals surface area contributed by atoms with Gasteiger partial charge >= 0.3 is 6.09 Å². The molecule has 0 radical (unpaired) electrons. The van der Waals surface area contributed by atoms with Gasteiger partial charge < -0.3 is 20.1 Å². The number of benzene rings is 3. The molecular formula is C30H35N4O3+. The Bertz CT molecular complexity index is 1370. The first kappa shape index (κ1) is 24.8. The lowest BCUT2D eigenvalue weighted by Gasteiger charge is -2.14. The van der Waals surface area contributed by atoms with E-state index in [1.54, 1.807) is 0 Å². The molecule has 1 heterocycles. The van der Waals surface area contributed by atoms with Gasteiger partial charge in [0, 0.05) is 18.5 Å². The molecule has 0 unspecified atom stereocenters. The number of alkyl carbamates (subject to hydrolysis) is 1. The Labute approximate surface area is 218 Å². The highest BCUT2D eigenvalue weighted by Crippen LogP contribution is 2.44. The Balaban J connectivity index is 1.30. The summed E-state index contributed by atoms with van der Waals surface area (Å²) in [6.07, 6.45) is -0.409. The van der Waals surface area contributed by atoms with Crippen molar-refractivity contribution >= 4 is 17.1 Å². The molecule has 3 aromatic carbocycles. The quantitative estimate of drug-likeness (QED) is 0.247. The molecule has 37 heavy (non-hydrogen) atoms. The molecule has 192 valence electrons. The van der Waals surface area contributed by atoms with Crippen LogP contribution in [0.2, 0.25) is 0 Å². The average molecular weight is 500 g/mol. The highest BCUT2D eigenvalue weighted by Gasteiger charge is 2.29. The van der Waals surface area contributed by atoms with Crippen LogP contribution in [-0.2, 0) is 24.4 Å². The molecule has 7 heteroatoms. The fourth-order valence-electron chi connectivity index (χ4n) is 5.43. The number of ether oxygens (including phenoxy) is 2. The van der Waals surface area contributed by atoms with E-state index in [-0.39, 0.29) is 5.92 Å². The van der Waals surface area contributed by atoms with Gasteiger partial charge in [-0.25, -0.2) is 13.9 Å². The molecule has 4 aromatic rings. The van der Waals surface area contributed by atoms with E-state index >= 15 is 0 Å². The predicted molar refractivity (Wildman–Crippen MR) is 145 cm³/mol. The van der Waals surface area contributed by atoms with Gasteiger partial charge in [0.2, 0.25) is 0 Å². The summed E-state index contributed by atoms with van der Waals surface area (Å²) in [6, 6.07) is 22.9. The van der Waals surface area contributed by atoms with E-state index in [0.717, 1.165) is 42.2 Å². The molecule has 0 atom stereocenters. The van der Waals surface area contributed by atoms with Gasteiger partial charge in [0.1, 0.15) is 25.5 Å². The molecule has 0 spiro atoms. The van der Waals surface area contributed by atoms with Crippen molar-refractivity contribution < 1.29 is 18.8 Å². The van der Waals surface area contributed by atoms with Crippen molar-refractivity contribution in [3.05, 3.63) is 83.7 Å². The van der Waals surface area contributed by atoms with Crippen molar-refractivity contribution in [2.45, 2.75) is 39.4 Å². The van der Waals surface area contributed by atoms with Crippen molar-refractivity contribution in [1.82, 2.24) is 15.2 Å². The molecule has 0 bridgehead atoms. The lowest BCUT2D eigenvalue weighted by molar-refractivity contribution is -0.676. The number of carbonyl (C=O) groups is 1. The number of hydrogen-bond acceptors (Lipinski definition) is 4. The summed E-state index contributed by atoms with van der Waals surface area (Å²) in [5, 5.41) is 6.09. The zero-order valence-electron chi connectivity index (χ0n) is 21.8. The van der Waals surface area contributed by atoms with Crippen LogP contribution in [0.15, 0.2) is 66.7 Å². The zero-order valence-corrected chi connectivity index (χ0v) is 21.8. The summed E-state index contributed by atoms with van der Waals surface area (Å²) >= 11 is 0. The number of aryl methyl sites for hydroxylation is 2. The third-order valence-corrected chi connectivity index (χ3v) is 7.14. The van der Waals surface area contributed by atoms with Gasteiger partial charge in [-0.15, -0.1) is 0 Å². The fourth-order valence-corrected chi connectivity index (χ4v) is 5.43. The first-order valence-corrected chi connectivity index (χ1v) is 13.1. The van der Waals surface area contributed by atoms with Gasteiger partial charge in [0.15, 0.2) is 11.0 Å². The maximum atomic E-state index is 12.8.